The molecule has 0 N–H and O–H groups in total. The number of nitrogens with zero attached hydrogens (tertiary/aromatic N) is 1. The maximum absolute atomic E-state index is 2.72. The topological polar surface area (TPSA) is 3.24 Å². The third kappa shape index (κ3) is 10.7. The Labute approximate surface area is 158 Å². The molecule has 25 heavy (non-hydrogen) atoms. The molecule has 0 radical (unpaired) electrons. The van der Waals surface area contributed by atoms with E-state index in [-0.39, 0.29) is 0 Å². The highest BCUT2D eigenvalue weighted by atomic mass is 15.1. The second-order valence-corrected chi connectivity index (χ2v) is 8.10. The lowest BCUT2D eigenvalue weighted by Gasteiger charge is -2.24. The van der Waals surface area contributed by atoms with Gasteiger partial charge in [0.05, 0.1) is 0 Å². The van der Waals surface area contributed by atoms with Crippen LogP contribution in [0.3, 0.4) is 0 Å². The highest BCUT2D eigenvalue weighted by molar-refractivity contribution is 5.27. The van der Waals surface area contributed by atoms with E-state index in [4.69, 9.17) is 0 Å². The number of unbranched alkanes of at least 4 members (excludes halogenated alkanes) is 6. The maximum Gasteiger partial charge on any atom is 0.0236 e. The number of hydrogen-bond acceptors (Lipinski definition) is 1. The van der Waals surface area contributed by atoms with Crippen molar-refractivity contribution in [2.75, 3.05) is 13.1 Å². The first-order valence-electron chi connectivity index (χ1n) is 11.0. The smallest absolute Gasteiger partial charge is 0.0236 e. The van der Waals surface area contributed by atoms with Gasteiger partial charge in [-0.1, -0.05) is 90.5 Å². The van der Waals surface area contributed by atoms with Crippen LogP contribution in [-0.4, -0.2) is 18.0 Å². The van der Waals surface area contributed by atoms with Crippen LogP contribution in [0, 0.1) is 5.92 Å². The molecule has 0 bridgehead atoms. The Bertz CT molecular complexity index is 412. The van der Waals surface area contributed by atoms with Crippen molar-refractivity contribution < 1.29 is 0 Å². The Morgan fingerprint density at radius 1 is 0.760 bits per heavy atom. The van der Waals surface area contributed by atoms with Crippen LogP contribution >= 0.6 is 0 Å². The summed E-state index contributed by atoms with van der Waals surface area (Å²) in [7, 11) is 0. The molecule has 1 rings (SSSR count). The lowest BCUT2D eigenvalue weighted by Crippen LogP contribution is -2.26. The van der Waals surface area contributed by atoms with E-state index in [0.717, 1.165) is 12.5 Å². The van der Waals surface area contributed by atoms with Crippen LogP contribution in [0.4, 0.5) is 0 Å². The third-order valence-corrected chi connectivity index (χ3v) is 5.16. The zero-order valence-electron chi connectivity index (χ0n) is 17.5. The van der Waals surface area contributed by atoms with E-state index in [1.165, 1.54) is 77.3 Å². The molecule has 0 spiro atoms. The predicted molar refractivity (Wildman–Crippen MR) is 113 cm³/mol. The van der Waals surface area contributed by atoms with Crippen LogP contribution in [0.15, 0.2) is 24.3 Å². The molecule has 0 heterocycles. The minimum Gasteiger partial charge on any atom is -0.299 e. The molecule has 0 saturated heterocycles. The van der Waals surface area contributed by atoms with Gasteiger partial charge in [-0.25, -0.2) is 0 Å². The van der Waals surface area contributed by atoms with Crippen LogP contribution in [0.2, 0.25) is 0 Å². The summed E-state index contributed by atoms with van der Waals surface area (Å²) >= 11 is 0. The van der Waals surface area contributed by atoms with Crippen LogP contribution in [0.25, 0.3) is 0 Å². The minimum atomic E-state index is 0.784. The lowest BCUT2D eigenvalue weighted by atomic mass is 9.98. The molecule has 0 aliphatic rings. The molecule has 0 fully saturated rings. The summed E-state index contributed by atoms with van der Waals surface area (Å²) in [5, 5.41) is 0. The van der Waals surface area contributed by atoms with E-state index in [9.17, 15) is 0 Å². The minimum absolute atomic E-state index is 0.784. The van der Waals surface area contributed by atoms with E-state index >= 15 is 0 Å². The Morgan fingerprint density at radius 3 is 1.84 bits per heavy atom. The van der Waals surface area contributed by atoms with E-state index in [1.807, 2.05) is 0 Å². The van der Waals surface area contributed by atoms with Crippen LogP contribution < -0.4 is 0 Å². The van der Waals surface area contributed by atoms with Gasteiger partial charge in [-0.05, 0) is 55.8 Å². The summed E-state index contributed by atoms with van der Waals surface area (Å²) in [5.74, 6) is 0.784. The quantitative estimate of drug-likeness (QED) is 0.303. The zero-order valence-corrected chi connectivity index (χ0v) is 17.5. The highest BCUT2D eigenvalue weighted by Crippen LogP contribution is 2.17. The highest BCUT2D eigenvalue weighted by Gasteiger charge is 2.09. The molecular formula is C24H43N. The van der Waals surface area contributed by atoms with E-state index in [1.54, 1.807) is 11.1 Å². The normalized spacial score (nSPS) is 11.6. The molecule has 1 aromatic carbocycles. The summed E-state index contributed by atoms with van der Waals surface area (Å²) in [6.45, 7) is 12.9. The van der Waals surface area contributed by atoms with Crippen LogP contribution in [0.1, 0.15) is 96.6 Å². The first kappa shape index (κ1) is 22.2. The van der Waals surface area contributed by atoms with Gasteiger partial charge >= 0.3 is 0 Å². The van der Waals surface area contributed by atoms with Gasteiger partial charge in [0.25, 0.3) is 0 Å². The Morgan fingerprint density at radius 2 is 1.32 bits per heavy atom. The Kier molecular flexibility index (Phi) is 12.8. The maximum atomic E-state index is 2.72. The lowest BCUT2D eigenvalue weighted by molar-refractivity contribution is 0.252. The molecule has 0 unspecified atom stereocenters. The number of benzene rings is 1. The Balaban J connectivity index is 2.61. The monoisotopic (exact) mass is 345 g/mol. The van der Waals surface area contributed by atoms with Crippen molar-refractivity contribution in [2.24, 2.45) is 5.92 Å². The molecular weight excluding hydrogens is 302 g/mol. The second-order valence-electron chi connectivity index (χ2n) is 8.10. The van der Waals surface area contributed by atoms with Crippen molar-refractivity contribution in [3.8, 4) is 0 Å². The molecule has 144 valence electrons. The van der Waals surface area contributed by atoms with Gasteiger partial charge in [-0.3, -0.25) is 4.90 Å². The molecule has 0 aromatic heterocycles. The first-order valence-corrected chi connectivity index (χ1v) is 11.0. The summed E-state index contributed by atoms with van der Waals surface area (Å²) in [5.41, 5.74) is 3.14. The van der Waals surface area contributed by atoms with Crippen LogP contribution in [-0.2, 0) is 13.0 Å². The number of rotatable bonds is 15. The first-order chi connectivity index (χ1) is 12.2. The molecule has 1 aromatic rings. The van der Waals surface area contributed by atoms with E-state index in [2.05, 4.69) is 56.9 Å². The third-order valence-electron chi connectivity index (χ3n) is 5.16. The average molecular weight is 346 g/mol. The number of hydrogen-bond donors (Lipinski definition) is 0. The zero-order chi connectivity index (χ0) is 18.3. The van der Waals surface area contributed by atoms with Gasteiger partial charge in [0, 0.05) is 6.54 Å². The van der Waals surface area contributed by atoms with E-state index < -0.39 is 0 Å². The van der Waals surface area contributed by atoms with Gasteiger partial charge in [0.15, 0.2) is 0 Å². The summed E-state index contributed by atoms with van der Waals surface area (Å²) in [4.78, 5) is 2.72. The van der Waals surface area contributed by atoms with Crippen molar-refractivity contribution in [3.05, 3.63) is 35.4 Å². The van der Waals surface area contributed by atoms with Crippen molar-refractivity contribution in [1.29, 1.82) is 0 Å². The fourth-order valence-electron chi connectivity index (χ4n) is 3.44. The largest absolute Gasteiger partial charge is 0.299 e. The number of aryl methyl sites for hydroxylation is 1. The van der Waals surface area contributed by atoms with Gasteiger partial charge in [-0.15, -0.1) is 0 Å². The predicted octanol–water partition coefficient (Wildman–Crippen LogP) is 7.24. The van der Waals surface area contributed by atoms with Crippen LogP contribution in [0.5, 0.6) is 0 Å². The molecule has 0 aliphatic heterocycles. The molecule has 1 nitrogen and oxygen atoms in total. The van der Waals surface area contributed by atoms with Gasteiger partial charge in [-0.2, -0.15) is 0 Å². The average Bonchev–Trinajstić information content (AvgIpc) is 2.61. The fraction of sp³-hybridized carbons (Fsp3) is 0.750. The second kappa shape index (κ2) is 14.4. The molecule has 0 atom stereocenters. The summed E-state index contributed by atoms with van der Waals surface area (Å²) < 4.78 is 0. The SMILES string of the molecule is CCCCCCN(CCCCCC)Cc1ccccc1CCC(C)C. The van der Waals surface area contributed by atoms with Gasteiger partial charge < -0.3 is 0 Å². The fourth-order valence-corrected chi connectivity index (χ4v) is 3.44. The van der Waals surface area contributed by atoms with E-state index in [0.29, 0.717) is 0 Å². The summed E-state index contributed by atoms with van der Waals surface area (Å²) in [6, 6.07) is 9.15. The summed E-state index contributed by atoms with van der Waals surface area (Å²) in [6.07, 6.45) is 13.4. The van der Waals surface area contributed by atoms with Crippen molar-refractivity contribution in [1.82, 2.24) is 4.90 Å². The molecule has 0 saturated carbocycles. The van der Waals surface area contributed by atoms with Gasteiger partial charge in [0.1, 0.15) is 0 Å². The van der Waals surface area contributed by atoms with Crippen molar-refractivity contribution in [2.45, 2.75) is 98.4 Å². The van der Waals surface area contributed by atoms with Crippen molar-refractivity contribution in [3.63, 3.8) is 0 Å². The van der Waals surface area contributed by atoms with Gasteiger partial charge in [0.2, 0.25) is 0 Å². The standard InChI is InChI=1S/C24H43N/c1-5-7-9-13-19-25(20-14-10-8-6-2)21-24-16-12-11-15-23(24)18-17-22(3)4/h11-12,15-16,22H,5-10,13-14,17-21H2,1-4H3. The molecule has 1 heteroatoms. The Hall–Kier alpha value is -0.820. The molecule has 0 aliphatic carbocycles. The van der Waals surface area contributed by atoms with Crippen molar-refractivity contribution >= 4 is 0 Å². The molecule has 0 amide bonds.